The van der Waals surface area contributed by atoms with Gasteiger partial charge in [-0.1, -0.05) is 6.92 Å². The maximum atomic E-state index is 4.76. The molecule has 1 spiro atoms. The summed E-state index contributed by atoms with van der Waals surface area (Å²) in [5.41, 5.74) is 3.36. The molecule has 1 aromatic heterocycles. The van der Waals surface area contributed by atoms with Crippen molar-refractivity contribution in [2.24, 2.45) is 11.3 Å². The van der Waals surface area contributed by atoms with Gasteiger partial charge in [-0.25, -0.2) is 0 Å². The van der Waals surface area contributed by atoms with Crippen LogP contribution in [0.25, 0.3) is 0 Å². The molecular formula is C19H31N3S. The maximum Gasteiger partial charge on any atom is 0.0596 e. The minimum absolute atomic E-state index is 0.465. The van der Waals surface area contributed by atoms with E-state index < -0.39 is 0 Å². The van der Waals surface area contributed by atoms with Crippen molar-refractivity contribution in [3.63, 3.8) is 0 Å². The number of hydrogen-bond donors (Lipinski definition) is 0. The molecule has 128 valence electrons. The van der Waals surface area contributed by atoms with E-state index in [0.717, 1.165) is 12.0 Å². The molecule has 4 rings (SSSR count). The molecule has 2 saturated heterocycles. The van der Waals surface area contributed by atoms with Gasteiger partial charge in [0, 0.05) is 47.2 Å². The Morgan fingerprint density at radius 2 is 2.09 bits per heavy atom. The SMILES string of the molecule is Cc1cc([C@@H]2CC(N3CCC4(CSC4)C3)CC2C)n(C(C)C)n1. The summed E-state index contributed by atoms with van der Waals surface area (Å²) in [7, 11) is 0. The molecule has 2 unspecified atom stereocenters. The van der Waals surface area contributed by atoms with E-state index in [2.05, 4.69) is 55.1 Å². The standard InChI is InChI=1S/C19H31N3S/c1-13(2)22-18(8-15(4)20-22)17-9-16(7-14(17)3)21-6-5-19(10-21)11-23-12-19/h8,13-14,16-17H,5-7,9-12H2,1-4H3/t14?,16?,17-/m1/s1. The lowest BCUT2D eigenvalue weighted by molar-refractivity contribution is 0.215. The summed E-state index contributed by atoms with van der Waals surface area (Å²) in [6.45, 7) is 11.8. The molecule has 1 aromatic rings. The van der Waals surface area contributed by atoms with Crippen LogP contribution < -0.4 is 0 Å². The van der Waals surface area contributed by atoms with E-state index in [-0.39, 0.29) is 0 Å². The van der Waals surface area contributed by atoms with Crippen molar-refractivity contribution in [1.29, 1.82) is 0 Å². The number of rotatable bonds is 3. The van der Waals surface area contributed by atoms with Crippen molar-refractivity contribution >= 4 is 11.8 Å². The number of hydrogen-bond acceptors (Lipinski definition) is 3. The zero-order chi connectivity index (χ0) is 16.2. The van der Waals surface area contributed by atoms with E-state index in [1.54, 1.807) is 0 Å². The van der Waals surface area contributed by atoms with Crippen LogP contribution in [0.5, 0.6) is 0 Å². The molecule has 0 radical (unpaired) electrons. The molecule has 3 nitrogen and oxygen atoms in total. The molecular weight excluding hydrogens is 302 g/mol. The predicted octanol–water partition coefficient (Wildman–Crippen LogP) is 4.09. The Kier molecular flexibility index (Phi) is 4.04. The number of aromatic nitrogens is 2. The summed E-state index contributed by atoms with van der Waals surface area (Å²) in [6.07, 6.45) is 4.15. The minimum atomic E-state index is 0.465. The fourth-order valence-corrected chi connectivity index (χ4v) is 6.31. The Bertz CT molecular complexity index is 575. The Hall–Kier alpha value is -0.480. The molecule has 1 aliphatic carbocycles. The van der Waals surface area contributed by atoms with Gasteiger partial charge in [0.2, 0.25) is 0 Å². The molecule has 0 bridgehead atoms. The van der Waals surface area contributed by atoms with E-state index in [1.165, 1.54) is 55.2 Å². The number of thioether (sulfide) groups is 1. The molecule has 4 heteroatoms. The van der Waals surface area contributed by atoms with Crippen LogP contribution in [0.1, 0.15) is 63.4 Å². The highest BCUT2D eigenvalue weighted by Crippen LogP contribution is 2.49. The molecule has 3 heterocycles. The van der Waals surface area contributed by atoms with E-state index in [9.17, 15) is 0 Å². The molecule has 0 amide bonds. The van der Waals surface area contributed by atoms with Gasteiger partial charge in [0.1, 0.15) is 0 Å². The lowest BCUT2D eigenvalue weighted by Gasteiger charge is -2.38. The minimum Gasteiger partial charge on any atom is -0.300 e. The van der Waals surface area contributed by atoms with Crippen molar-refractivity contribution in [1.82, 2.24) is 14.7 Å². The van der Waals surface area contributed by atoms with Crippen LogP contribution in [-0.2, 0) is 0 Å². The first-order valence-electron chi connectivity index (χ1n) is 9.35. The van der Waals surface area contributed by atoms with Crippen LogP contribution in [0.3, 0.4) is 0 Å². The Morgan fingerprint density at radius 3 is 2.70 bits per heavy atom. The van der Waals surface area contributed by atoms with Crippen molar-refractivity contribution in [2.45, 2.75) is 65.0 Å². The maximum absolute atomic E-state index is 4.76. The molecule has 0 N–H and O–H groups in total. The summed E-state index contributed by atoms with van der Waals surface area (Å²) >= 11 is 2.15. The Labute approximate surface area is 145 Å². The lowest BCUT2D eigenvalue weighted by atomic mass is 9.91. The average molecular weight is 334 g/mol. The number of likely N-dealkylation sites (tertiary alicyclic amines) is 1. The van der Waals surface area contributed by atoms with Crippen LogP contribution in [-0.4, -0.2) is 45.3 Å². The van der Waals surface area contributed by atoms with Crippen LogP contribution in [0.4, 0.5) is 0 Å². The first kappa shape index (κ1) is 16.0. The average Bonchev–Trinajstić information content (AvgIpc) is 3.13. The Balaban J connectivity index is 1.49. The number of nitrogens with zero attached hydrogens (tertiary/aromatic N) is 3. The van der Waals surface area contributed by atoms with E-state index in [0.29, 0.717) is 17.4 Å². The van der Waals surface area contributed by atoms with E-state index in [1.807, 2.05) is 0 Å². The van der Waals surface area contributed by atoms with E-state index in [4.69, 9.17) is 5.10 Å². The Morgan fingerprint density at radius 1 is 1.30 bits per heavy atom. The summed E-state index contributed by atoms with van der Waals surface area (Å²) in [5, 5.41) is 4.76. The van der Waals surface area contributed by atoms with Gasteiger partial charge in [0.05, 0.1) is 5.69 Å². The highest BCUT2D eigenvalue weighted by atomic mass is 32.2. The van der Waals surface area contributed by atoms with Crippen molar-refractivity contribution < 1.29 is 0 Å². The van der Waals surface area contributed by atoms with Gasteiger partial charge in [0.15, 0.2) is 0 Å². The van der Waals surface area contributed by atoms with Gasteiger partial charge in [-0.2, -0.15) is 16.9 Å². The molecule has 3 atom stereocenters. The normalized spacial score (nSPS) is 33.7. The summed E-state index contributed by atoms with van der Waals surface area (Å²) in [5.74, 6) is 4.29. The zero-order valence-corrected chi connectivity index (χ0v) is 15.9. The largest absolute Gasteiger partial charge is 0.300 e. The van der Waals surface area contributed by atoms with Gasteiger partial charge in [0.25, 0.3) is 0 Å². The summed E-state index contributed by atoms with van der Waals surface area (Å²) in [6, 6.07) is 3.61. The predicted molar refractivity (Wildman–Crippen MR) is 98.2 cm³/mol. The van der Waals surface area contributed by atoms with E-state index >= 15 is 0 Å². The monoisotopic (exact) mass is 333 g/mol. The van der Waals surface area contributed by atoms with Gasteiger partial charge < -0.3 is 0 Å². The van der Waals surface area contributed by atoms with Crippen molar-refractivity contribution in [3.05, 3.63) is 17.5 Å². The fourth-order valence-electron chi connectivity index (χ4n) is 5.06. The van der Waals surface area contributed by atoms with Gasteiger partial charge in [-0.15, -0.1) is 0 Å². The second-order valence-corrected chi connectivity index (χ2v) is 9.66. The highest BCUT2D eigenvalue weighted by Gasteiger charge is 2.47. The first-order valence-corrected chi connectivity index (χ1v) is 10.5. The second-order valence-electron chi connectivity index (χ2n) is 8.67. The topological polar surface area (TPSA) is 21.1 Å². The van der Waals surface area contributed by atoms with Crippen LogP contribution >= 0.6 is 11.8 Å². The second kappa shape index (κ2) is 5.80. The summed E-state index contributed by atoms with van der Waals surface area (Å²) in [4.78, 5) is 2.83. The lowest BCUT2D eigenvalue weighted by Crippen LogP contribution is -2.40. The van der Waals surface area contributed by atoms with Crippen LogP contribution in [0.15, 0.2) is 6.07 Å². The molecule has 2 aliphatic heterocycles. The van der Waals surface area contributed by atoms with Crippen molar-refractivity contribution in [3.8, 4) is 0 Å². The molecule has 0 aromatic carbocycles. The molecule has 1 saturated carbocycles. The third kappa shape index (κ3) is 2.76. The quantitative estimate of drug-likeness (QED) is 0.831. The van der Waals surface area contributed by atoms with Crippen LogP contribution in [0.2, 0.25) is 0 Å². The molecule has 3 aliphatic rings. The zero-order valence-electron chi connectivity index (χ0n) is 15.1. The highest BCUT2D eigenvalue weighted by molar-refractivity contribution is 8.00. The van der Waals surface area contributed by atoms with Gasteiger partial charge in [-0.05, 0) is 58.6 Å². The van der Waals surface area contributed by atoms with Gasteiger partial charge >= 0.3 is 0 Å². The third-order valence-electron chi connectivity index (χ3n) is 6.41. The molecule has 23 heavy (non-hydrogen) atoms. The fraction of sp³-hybridized carbons (Fsp3) is 0.842. The van der Waals surface area contributed by atoms with Gasteiger partial charge in [-0.3, -0.25) is 9.58 Å². The number of aryl methyl sites for hydroxylation is 1. The molecule has 3 fully saturated rings. The van der Waals surface area contributed by atoms with Crippen molar-refractivity contribution in [2.75, 3.05) is 24.6 Å². The summed E-state index contributed by atoms with van der Waals surface area (Å²) < 4.78 is 2.28. The third-order valence-corrected chi connectivity index (χ3v) is 8.05. The van der Waals surface area contributed by atoms with Crippen LogP contribution in [0, 0.1) is 18.3 Å². The first-order chi connectivity index (χ1) is 11.0. The smallest absolute Gasteiger partial charge is 0.0596 e.